The Labute approximate surface area is 182 Å². The molecule has 1 amide bonds. The molecule has 2 aromatic carbocycles. The van der Waals surface area contributed by atoms with Crippen molar-refractivity contribution in [3.05, 3.63) is 82.4 Å². The molecule has 0 bridgehead atoms. The standard InChI is InChI=1S/C20H17Cl2N7O/c1-20(2,18-12-29(27-25-18)16-8-4-6-14(22)10-16)23-19(30)17-11-28(26-24-17)15-7-3-5-13(21)9-15/h3-12H,1-2H3,(H,23,30). The molecule has 152 valence electrons. The first-order chi connectivity index (χ1) is 14.3. The van der Waals surface area contributed by atoms with Crippen LogP contribution in [0.3, 0.4) is 0 Å². The van der Waals surface area contributed by atoms with Crippen molar-refractivity contribution in [1.29, 1.82) is 0 Å². The molecule has 1 N–H and O–H groups in total. The first-order valence-corrected chi connectivity index (χ1v) is 9.77. The third kappa shape index (κ3) is 4.19. The predicted octanol–water partition coefficient (Wildman–Crippen LogP) is 3.82. The van der Waals surface area contributed by atoms with Gasteiger partial charge in [-0.1, -0.05) is 45.8 Å². The van der Waals surface area contributed by atoms with Gasteiger partial charge in [-0.25, -0.2) is 9.36 Å². The Morgan fingerprint density at radius 2 is 1.47 bits per heavy atom. The highest BCUT2D eigenvalue weighted by atomic mass is 35.5. The number of hydrogen-bond acceptors (Lipinski definition) is 5. The molecule has 0 radical (unpaired) electrons. The highest BCUT2D eigenvalue weighted by Crippen LogP contribution is 2.21. The van der Waals surface area contributed by atoms with Gasteiger partial charge in [0.1, 0.15) is 5.69 Å². The number of amides is 1. The van der Waals surface area contributed by atoms with Crippen LogP contribution >= 0.6 is 23.2 Å². The molecule has 2 heterocycles. The maximum absolute atomic E-state index is 12.7. The van der Waals surface area contributed by atoms with E-state index in [1.54, 1.807) is 47.4 Å². The van der Waals surface area contributed by atoms with Crippen LogP contribution < -0.4 is 5.32 Å². The zero-order valence-electron chi connectivity index (χ0n) is 16.1. The van der Waals surface area contributed by atoms with Crippen molar-refractivity contribution in [1.82, 2.24) is 35.3 Å². The molecule has 4 rings (SSSR count). The number of aromatic nitrogens is 6. The van der Waals surface area contributed by atoms with Gasteiger partial charge >= 0.3 is 0 Å². The molecular formula is C20H17Cl2N7O. The van der Waals surface area contributed by atoms with Crippen LogP contribution in [0, 0.1) is 0 Å². The highest BCUT2D eigenvalue weighted by molar-refractivity contribution is 6.31. The van der Waals surface area contributed by atoms with E-state index in [4.69, 9.17) is 23.2 Å². The summed E-state index contributed by atoms with van der Waals surface area (Å²) in [6, 6.07) is 14.4. The van der Waals surface area contributed by atoms with Gasteiger partial charge in [0.25, 0.3) is 5.91 Å². The maximum Gasteiger partial charge on any atom is 0.274 e. The lowest BCUT2D eigenvalue weighted by Crippen LogP contribution is -2.41. The van der Waals surface area contributed by atoms with E-state index in [1.165, 1.54) is 4.68 Å². The summed E-state index contributed by atoms with van der Waals surface area (Å²) in [6.07, 6.45) is 3.29. The van der Waals surface area contributed by atoms with Crippen molar-refractivity contribution in [2.45, 2.75) is 19.4 Å². The molecule has 4 aromatic rings. The molecular weight excluding hydrogens is 425 g/mol. The summed E-state index contributed by atoms with van der Waals surface area (Å²) < 4.78 is 3.09. The number of benzene rings is 2. The van der Waals surface area contributed by atoms with Crippen molar-refractivity contribution in [3.8, 4) is 11.4 Å². The van der Waals surface area contributed by atoms with E-state index >= 15 is 0 Å². The fourth-order valence-corrected chi connectivity index (χ4v) is 3.19. The molecule has 0 saturated heterocycles. The fourth-order valence-electron chi connectivity index (χ4n) is 2.82. The zero-order valence-corrected chi connectivity index (χ0v) is 17.6. The fraction of sp³-hybridized carbons (Fsp3) is 0.150. The summed E-state index contributed by atoms with van der Waals surface area (Å²) in [5.41, 5.74) is 1.43. The highest BCUT2D eigenvalue weighted by Gasteiger charge is 2.28. The lowest BCUT2D eigenvalue weighted by Gasteiger charge is -2.22. The summed E-state index contributed by atoms with van der Waals surface area (Å²) >= 11 is 12.1. The van der Waals surface area contributed by atoms with Crippen LogP contribution in [-0.2, 0) is 5.54 Å². The maximum atomic E-state index is 12.7. The van der Waals surface area contributed by atoms with E-state index < -0.39 is 5.54 Å². The zero-order chi connectivity index (χ0) is 21.3. The SMILES string of the molecule is CC(C)(NC(=O)c1cn(-c2cccc(Cl)c2)nn1)c1cn(-c2cccc(Cl)c2)nn1. The van der Waals surface area contributed by atoms with Gasteiger partial charge in [-0.2, -0.15) is 0 Å². The van der Waals surface area contributed by atoms with Gasteiger partial charge in [0, 0.05) is 10.0 Å². The Kier molecular flexibility index (Phi) is 5.27. The molecule has 30 heavy (non-hydrogen) atoms. The number of rotatable bonds is 5. The van der Waals surface area contributed by atoms with Crippen LogP contribution in [0.25, 0.3) is 11.4 Å². The van der Waals surface area contributed by atoms with E-state index in [2.05, 4.69) is 25.9 Å². The van der Waals surface area contributed by atoms with Crippen LogP contribution in [0.4, 0.5) is 0 Å². The van der Waals surface area contributed by atoms with Crippen molar-refractivity contribution in [2.75, 3.05) is 0 Å². The van der Waals surface area contributed by atoms with Gasteiger partial charge in [-0.15, -0.1) is 10.2 Å². The normalized spacial score (nSPS) is 11.5. The second-order valence-corrected chi connectivity index (χ2v) is 8.01. The van der Waals surface area contributed by atoms with Gasteiger partial charge in [-0.05, 0) is 50.2 Å². The van der Waals surface area contributed by atoms with Gasteiger partial charge < -0.3 is 5.32 Å². The van der Waals surface area contributed by atoms with E-state index in [0.717, 1.165) is 5.69 Å². The molecule has 0 aliphatic heterocycles. The predicted molar refractivity (Wildman–Crippen MR) is 113 cm³/mol. The van der Waals surface area contributed by atoms with Crippen LogP contribution in [0.1, 0.15) is 30.0 Å². The Morgan fingerprint density at radius 3 is 2.07 bits per heavy atom. The van der Waals surface area contributed by atoms with Crippen molar-refractivity contribution < 1.29 is 4.79 Å². The Balaban J connectivity index is 1.52. The van der Waals surface area contributed by atoms with Crippen molar-refractivity contribution in [3.63, 3.8) is 0 Å². The number of carbonyl (C=O) groups excluding carboxylic acids is 1. The van der Waals surface area contributed by atoms with E-state index in [1.807, 2.05) is 32.0 Å². The number of halogens is 2. The van der Waals surface area contributed by atoms with E-state index in [-0.39, 0.29) is 11.6 Å². The molecule has 0 atom stereocenters. The van der Waals surface area contributed by atoms with Crippen LogP contribution in [-0.4, -0.2) is 35.9 Å². The Morgan fingerprint density at radius 1 is 0.900 bits per heavy atom. The molecule has 0 spiro atoms. The molecule has 8 nitrogen and oxygen atoms in total. The molecule has 10 heteroatoms. The molecule has 0 fully saturated rings. The van der Waals surface area contributed by atoms with Gasteiger partial charge in [0.15, 0.2) is 5.69 Å². The summed E-state index contributed by atoms with van der Waals surface area (Å²) in [6.45, 7) is 3.66. The van der Waals surface area contributed by atoms with E-state index in [9.17, 15) is 4.79 Å². The number of hydrogen-bond donors (Lipinski definition) is 1. The van der Waals surface area contributed by atoms with Crippen LogP contribution in [0.2, 0.25) is 10.0 Å². The number of nitrogens with one attached hydrogen (secondary N) is 1. The van der Waals surface area contributed by atoms with Crippen molar-refractivity contribution >= 4 is 29.1 Å². The van der Waals surface area contributed by atoms with E-state index in [0.29, 0.717) is 21.4 Å². The first kappa shape index (κ1) is 20.1. The van der Waals surface area contributed by atoms with Crippen LogP contribution in [0.15, 0.2) is 60.9 Å². The lowest BCUT2D eigenvalue weighted by molar-refractivity contribution is 0.0905. The van der Waals surface area contributed by atoms with Gasteiger partial charge in [0.2, 0.25) is 0 Å². The minimum absolute atomic E-state index is 0.172. The molecule has 0 aliphatic rings. The molecule has 0 unspecified atom stereocenters. The summed E-state index contributed by atoms with van der Waals surface area (Å²) in [5.74, 6) is -0.384. The number of nitrogens with zero attached hydrogens (tertiary/aromatic N) is 6. The summed E-state index contributed by atoms with van der Waals surface area (Å²) in [4.78, 5) is 12.7. The monoisotopic (exact) mass is 441 g/mol. The second-order valence-electron chi connectivity index (χ2n) is 7.14. The topological polar surface area (TPSA) is 90.5 Å². The molecule has 2 aromatic heterocycles. The number of carbonyl (C=O) groups is 1. The largest absolute Gasteiger partial charge is 0.340 e. The second kappa shape index (κ2) is 7.89. The third-order valence-electron chi connectivity index (χ3n) is 4.43. The average molecular weight is 442 g/mol. The Bertz CT molecular complexity index is 1220. The van der Waals surface area contributed by atoms with Gasteiger partial charge in [0.05, 0.1) is 29.3 Å². The summed E-state index contributed by atoms with van der Waals surface area (Å²) in [5, 5.41) is 20.4. The molecule has 0 saturated carbocycles. The summed E-state index contributed by atoms with van der Waals surface area (Å²) in [7, 11) is 0. The quantitative estimate of drug-likeness (QED) is 0.508. The lowest BCUT2D eigenvalue weighted by atomic mass is 10.0. The van der Waals surface area contributed by atoms with Crippen LogP contribution in [0.5, 0.6) is 0 Å². The van der Waals surface area contributed by atoms with Gasteiger partial charge in [-0.3, -0.25) is 4.79 Å². The average Bonchev–Trinajstić information content (AvgIpc) is 3.38. The smallest absolute Gasteiger partial charge is 0.274 e. The Hall–Kier alpha value is -3.23. The third-order valence-corrected chi connectivity index (χ3v) is 4.90. The first-order valence-electron chi connectivity index (χ1n) is 9.01. The van der Waals surface area contributed by atoms with Crippen molar-refractivity contribution in [2.24, 2.45) is 0 Å². The molecule has 0 aliphatic carbocycles. The minimum Gasteiger partial charge on any atom is -0.340 e. The minimum atomic E-state index is -0.798.